The minimum Gasteiger partial charge on any atom is -0.497 e. The molecule has 1 aliphatic heterocycles. The van der Waals surface area contributed by atoms with E-state index in [-0.39, 0.29) is 23.1 Å². The van der Waals surface area contributed by atoms with Crippen LogP contribution in [0.4, 0.5) is 11.4 Å². The van der Waals surface area contributed by atoms with Crippen LogP contribution in [0.2, 0.25) is 0 Å². The molecular formula is C30H26N4O5S. The monoisotopic (exact) mass is 554 g/mol. The highest BCUT2D eigenvalue weighted by Crippen LogP contribution is 2.35. The van der Waals surface area contributed by atoms with Gasteiger partial charge in [0.15, 0.2) is 5.11 Å². The predicted molar refractivity (Wildman–Crippen MR) is 157 cm³/mol. The van der Waals surface area contributed by atoms with Crippen LogP contribution in [0.3, 0.4) is 0 Å². The summed E-state index contributed by atoms with van der Waals surface area (Å²) < 4.78 is 12.5. The van der Waals surface area contributed by atoms with E-state index >= 15 is 0 Å². The largest absolute Gasteiger partial charge is 0.497 e. The highest BCUT2D eigenvalue weighted by molar-refractivity contribution is 7.80. The Bertz CT molecular complexity index is 1710. The van der Waals surface area contributed by atoms with Gasteiger partial charge in [0, 0.05) is 34.4 Å². The van der Waals surface area contributed by atoms with Crippen LogP contribution in [0.25, 0.3) is 17.0 Å². The molecule has 0 aliphatic carbocycles. The van der Waals surface area contributed by atoms with E-state index in [0.29, 0.717) is 28.4 Å². The molecule has 0 atom stereocenters. The van der Waals surface area contributed by atoms with E-state index in [1.165, 1.54) is 25.2 Å². The molecule has 4 aromatic rings. The summed E-state index contributed by atoms with van der Waals surface area (Å²) in [5.74, 6) is -0.545. The number of nitrogens with zero attached hydrogens (tertiary/aromatic N) is 2. The van der Waals surface area contributed by atoms with E-state index < -0.39 is 11.8 Å². The normalized spacial score (nSPS) is 14.4. The van der Waals surface area contributed by atoms with Crippen LogP contribution in [0.5, 0.6) is 11.5 Å². The number of amides is 3. The van der Waals surface area contributed by atoms with Crippen LogP contribution < -0.4 is 25.0 Å². The molecule has 9 nitrogen and oxygen atoms in total. The number of carbonyl (C=O) groups is 3. The molecule has 0 unspecified atom stereocenters. The Balaban J connectivity index is 1.49. The summed E-state index contributed by atoms with van der Waals surface area (Å²) >= 11 is 5.35. The van der Waals surface area contributed by atoms with E-state index in [0.717, 1.165) is 16.5 Å². The molecule has 40 heavy (non-hydrogen) atoms. The number of anilines is 2. The summed E-state index contributed by atoms with van der Waals surface area (Å²) in [5.41, 5.74) is 3.37. The molecule has 3 aromatic carbocycles. The third-order valence-corrected chi connectivity index (χ3v) is 6.75. The zero-order valence-electron chi connectivity index (χ0n) is 22.1. The number of rotatable bonds is 7. The smallest absolute Gasteiger partial charge is 0.270 e. The molecule has 0 bridgehead atoms. The van der Waals surface area contributed by atoms with Gasteiger partial charge >= 0.3 is 0 Å². The number of benzene rings is 3. The van der Waals surface area contributed by atoms with Crippen molar-refractivity contribution >= 4 is 63.4 Å². The number of ether oxygens (including phenoxy) is 2. The van der Waals surface area contributed by atoms with Crippen molar-refractivity contribution in [2.75, 3.05) is 24.4 Å². The number of carbonyl (C=O) groups excluding carboxylic acids is 3. The summed E-state index contributed by atoms with van der Waals surface area (Å²) in [7, 11) is 2.99. The van der Waals surface area contributed by atoms with Crippen LogP contribution in [-0.4, -0.2) is 41.6 Å². The first-order valence-electron chi connectivity index (χ1n) is 12.4. The molecule has 1 aromatic heterocycles. The van der Waals surface area contributed by atoms with Gasteiger partial charge in [-0.25, -0.2) is 4.90 Å². The minimum absolute atomic E-state index is 0.0387. The summed E-state index contributed by atoms with van der Waals surface area (Å²) in [6, 6.07) is 20.0. The summed E-state index contributed by atoms with van der Waals surface area (Å²) in [4.78, 5) is 40.7. The number of aromatic nitrogens is 1. The third-order valence-electron chi connectivity index (χ3n) is 6.46. The molecule has 2 heterocycles. The fraction of sp³-hybridized carbons (Fsp3) is 0.133. The molecule has 1 aliphatic rings. The van der Waals surface area contributed by atoms with Crippen LogP contribution >= 0.6 is 12.2 Å². The van der Waals surface area contributed by atoms with Crippen LogP contribution in [0, 0.1) is 6.92 Å². The van der Waals surface area contributed by atoms with Crippen LogP contribution in [0.1, 0.15) is 11.1 Å². The van der Waals surface area contributed by atoms with Gasteiger partial charge in [-0.2, -0.15) is 0 Å². The van der Waals surface area contributed by atoms with Gasteiger partial charge in [-0.15, -0.1) is 0 Å². The number of hydrogen-bond donors (Lipinski definition) is 2. The maximum Gasteiger partial charge on any atom is 0.270 e. The first kappa shape index (κ1) is 26.6. The lowest BCUT2D eigenvalue weighted by atomic mass is 10.1. The van der Waals surface area contributed by atoms with Crippen molar-refractivity contribution < 1.29 is 23.9 Å². The second-order valence-corrected chi connectivity index (χ2v) is 9.53. The first-order valence-corrected chi connectivity index (χ1v) is 12.8. The quantitative estimate of drug-likeness (QED) is 0.199. The summed E-state index contributed by atoms with van der Waals surface area (Å²) in [5, 5.41) is 6.23. The van der Waals surface area contributed by atoms with Gasteiger partial charge in [-0.3, -0.25) is 19.7 Å². The van der Waals surface area contributed by atoms with E-state index in [1.807, 2.05) is 55.5 Å². The Kier molecular flexibility index (Phi) is 7.35. The van der Waals surface area contributed by atoms with E-state index in [9.17, 15) is 14.4 Å². The lowest BCUT2D eigenvalue weighted by Gasteiger charge is -2.30. The number of fused-ring (bicyclic) bond motifs is 1. The lowest BCUT2D eigenvalue weighted by molar-refractivity contribution is -0.122. The first-order chi connectivity index (χ1) is 19.3. The molecular weight excluding hydrogens is 528 g/mol. The standard InChI is InChI=1S/C30H26N4O5S/c1-18-7-6-8-20(13-18)31-27(35)17-33-16-19(22-9-4-5-10-24(22)33)14-23-28(36)32-30(40)34(29(23)37)25-12-11-21(38-2)15-26(25)39-3/h4-16H,17H2,1-3H3,(H,31,35)(H,32,36,40)/b23-14+. The average Bonchev–Trinajstić information content (AvgIpc) is 3.27. The molecule has 1 saturated heterocycles. The van der Waals surface area contributed by atoms with Gasteiger partial charge in [0.1, 0.15) is 23.6 Å². The maximum absolute atomic E-state index is 13.7. The highest BCUT2D eigenvalue weighted by atomic mass is 32.1. The Morgan fingerprint density at radius 3 is 2.58 bits per heavy atom. The van der Waals surface area contributed by atoms with Gasteiger partial charge in [0.25, 0.3) is 11.8 Å². The molecule has 1 fully saturated rings. The van der Waals surface area contributed by atoms with Gasteiger partial charge in [-0.05, 0) is 61.1 Å². The van der Waals surface area contributed by atoms with Gasteiger partial charge < -0.3 is 19.4 Å². The van der Waals surface area contributed by atoms with Gasteiger partial charge in [-0.1, -0.05) is 30.3 Å². The Morgan fingerprint density at radius 1 is 1.02 bits per heavy atom. The third kappa shape index (κ3) is 5.16. The van der Waals surface area contributed by atoms with Crippen molar-refractivity contribution in [2.45, 2.75) is 13.5 Å². The van der Waals surface area contributed by atoms with E-state index in [2.05, 4.69) is 10.6 Å². The summed E-state index contributed by atoms with van der Waals surface area (Å²) in [6.45, 7) is 1.99. The maximum atomic E-state index is 13.7. The fourth-order valence-electron chi connectivity index (χ4n) is 4.60. The van der Waals surface area contributed by atoms with Crippen LogP contribution in [0.15, 0.2) is 78.5 Å². The van der Waals surface area contributed by atoms with Crippen molar-refractivity contribution in [2.24, 2.45) is 0 Å². The zero-order valence-corrected chi connectivity index (χ0v) is 22.9. The number of hydrogen-bond acceptors (Lipinski definition) is 6. The Labute approximate surface area is 236 Å². The number of methoxy groups -OCH3 is 2. The zero-order chi connectivity index (χ0) is 28.4. The highest BCUT2D eigenvalue weighted by Gasteiger charge is 2.36. The molecule has 2 N–H and O–H groups in total. The summed E-state index contributed by atoms with van der Waals surface area (Å²) in [6.07, 6.45) is 3.26. The fourth-order valence-corrected chi connectivity index (χ4v) is 4.87. The number of aryl methyl sites for hydroxylation is 1. The number of para-hydroxylation sites is 1. The average molecular weight is 555 g/mol. The minimum atomic E-state index is -0.618. The molecule has 0 saturated carbocycles. The van der Waals surface area contributed by atoms with Crippen LogP contribution in [-0.2, 0) is 20.9 Å². The van der Waals surface area contributed by atoms with Crippen molar-refractivity contribution in [1.82, 2.24) is 9.88 Å². The Morgan fingerprint density at radius 2 is 1.82 bits per heavy atom. The van der Waals surface area contributed by atoms with E-state index in [4.69, 9.17) is 21.7 Å². The van der Waals surface area contributed by atoms with Crippen molar-refractivity contribution in [3.8, 4) is 11.5 Å². The molecule has 202 valence electrons. The number of thiocarbonyl (C=S) groups is 1. The molecule has 3 amide bonds. The second kappa shape index (κ2) is 11.0. The number of nitrogens with one attached hydrogen (secondary N) is 2. The van der Waals surface area contributed by atoms with Gasteiger partial charge in [0.2, 0.25) is 5.91 Å². The SMILES string of the molecule is COc1ccc(N2C(=O)/C(=C/c3cn(CC(=O)Nc4cccc(C)c4)c4ccccc34)C(=O)NC2=S)c(OC)c1. The van der Waals surface area contributed by atoms with E-state index in [1.54, 1.807) is 29.0 Å². The molecule has 5 rings (SSSR count). The predicted octanol–water partition coefficient (Wildman–Crippen LogP) is 4.44. The topological polar surface area (TPSA) is 102 Å². The molecule has 0 spiro atoms. The second-order valence-electron chi connectivity index (χ2n) is 9.14. The molecule has 0 radical (unpaired) electrons. The van der Waals surface area contributed by atoms with Crippen molar-refractivity contribution in [1.29, 1.82) is 0 Å². The lowest BCUT2D eigenvalue weighted by Crippen LogP contribution is -2.54. The Hall–Kier alpha value is -4.96. The molecule has 10 heteroatoms. The van der Waals surface area contributed by atoms with Crippen molar-refractivity contribution in [3.63, 3.8) is 0 Å². The van der Waals surface area contributed by atoms with Crippen molar-refractivity contribution in [3.05, 3.63) is 89.6 Å². The van der Waals surface area contributed by atoms with Gasteiger partial charge in [0.05, 0.1) is 19.9 Å².